The lowest BCUT2D eigenvalue weighted by molar-refractivity contribution is -0.143. The summed E-state index contributed by atoms with van der Waals surface area (Å²) in [6, 6.07) is 10.5. The summed E-state index contributed by atoms with van der Waals surface area (Å²) in [6.45, 7) is 2.72. The highest BCUT2D eigenvalue weighted by molar-refractivity contribution is 5.69. The smallest absolute Gasteiger partial charge is 0.305 e. The summed E-state index contributed by atoms with van der Waals surface area (Å²) in [5.74, 6) is -0.0310. The van der Waals surface area contributed by atoms with Gasteiger partial charge in [0.1, 0.15) is 0 Å². The molecule has 0 aliphatic rings. The van der Waals surface area contributed by atoms with Crippen molar-refractivity contribution in [1.29, 1.82) is 0 Å². The highest BCUT2D eigenvalue weighted by Gasteiger charge is 2.01. The lowest BCUT2D eigenvalue weighted by Gasteiger charge is -2.05. The monoisotopic (exact) mass is 262 g/mol. The maximum atomic E-state index is 11.3. The average molecular weight is 262 g/mol. The first kappa shape index (κ1) is 15.7. The fourth-order valence-electron chi connectivity index (χ4n) is 2.03. The number of benzene rings is 1. The first-order chi connectivity index (χ1) is 9.33. The second-order valence-corrected chi connectivity index (χ2v) is 4.97. The van der Waals surface area contributed by atoms with Crippen LogP contribution in [0.15, 0.2) is 30.3 Å². The highest BCUT2D eigenvalue weighted by Crippen LogP contribution is 2.07. The van der Waals surface area contributed by atoms with E-state index in [9.17, 15) is 4.79 Å². The van der Waals surface area contributed by atoms with Gasteiger partial charge in [0.25, 0.3) is 0 Å². The van der Waals surface area contributed by atoms with Crippen LogP contribution in [0.4, 0.5) is 0 Å². The molecule has 0 unspecified atom stereocenters. The molecule has 0 spiro atoms. The van der Waals surface area contributed by atoms with Crippen LogP contribution < -0.4 is 0 Å². The normalized spacial score (nSPS) is 10.4. The van der Waals surface area contributed by atoms with Gasteiger partial charge >= 0.3 is 5.97 Å². The number of unbranched alkanes of at least 4 members (excludes halogenated alkanes) is 4. The Morgan fingerprint density at radius 1 is 1.00 bits per heavy atom. The molecule has 1 aromatic rings. The van der Waals surface area contributed by atoms with Crippen molar-refractivity contribution < 1.29 is 9.53 Å². The van der Waals surface area contributed by atoms with Crippen molar-refractivity contribution in [3.63, 3.8) is 0 Å². The number of ether oxygens (including phenoxy) is 1. The van der Waals surface area contributed by atoms with Crippen LogP contribution in [0.25, 0.3) is 0 Å². The summed E-state index contributed by atoms with van der Waals surface area (Å²) in [4.78, 5) is 11.3. The molecular formula is C17H26O2. The molecule has 1 rings (SSSR count). The molecule has 0 atom stereocenters. The van der Waals surface area contributed by atoms with E-state index in [0.29, 0.717) is 13.0 Å². The van der Waals surface area contributed by atoms with Crippen LogP contribution in [-0.2, 0) is 16.0 Å². The van der Waals surface area contributed by atoms with E-state index in [2.05, 4.69) is 31.2 Å². The molecule has 0 radical (unpaired) electrons. The topological polar surface area (TPSA) is 26.3 Å². The van der Waals surface area contributed by atoms with Gasteiger partial charge in [0.05, 0.1) is 6.61 Å². The van der Waals surface area contributed by atoms with Crippen LogP contribution in [0.1, 0.15) is 57.4 Å². The van der Waals surface area contributed by atoms with Gasteiger partial charge in [-0.05, 0) is 37.7 Å². The van der Waals surface area contributed by atoms with Gasteiger partial charge in [0.15, 0.2) is 0 Å². The summed E-state index contributed by atoms with van der Waals surface area (Å²) >= 11 is 0. The quantitative estimate of drug-likeness (QED) is 0.457. The second kappa shape index (κ2) is 10.6. The second-order valence-electron chi connectivity index (χ2n) is 4.97. The standard InChI is InChI=1S/C17H26O2/c1-2-3-6-14-17(18)19-15-10-5-9-13-16-11-7-4-8-12-16/h4,7-8,11-12H,2-3,5-6,9-10,13-15H2,1H3. The van der Waals surface area contributed by atoms with E-state index in [-0.39, 0.29) is 5.97 Å². The van der Waals surface area contributed by atoms with Crippen molar-refractivity contribution in [3.05, 3.63) is 35.9 Å². The SMILES string of the molecule is CCCCCC(=O)OCCCCCc1ccccc1. The van der Waals surface area contributed by atoms with Gasteiger partial charge in [-0.1, -0.05) is 50.1 Å². The minimum atomic E-state index is -0.0310. The Hall–Kier alpha value is -1.31. The predicted molar refractivity (Wildman–Crippen MR) is 79.1 cm³/mol. The Kier molecular flexibility index (Phi) is 8.78. The van der Waals surface area contributed by atoms with Crippen LogP contribution in [-0.4, -0.2) is 12.6 Å². The largest absolute Gasteiger partial charge is 0.466 e. The number of esters is 1. The first-order valence-corrected chi connectivity index (χ1v) is 7.52. The molecule has 0 saturated heterocycles. The molecule has 2 nitrogen and oxygen atoms in total. The lowest BCUT2D eigenvalue weighted by atomic mass is 10.1. The lowest BCUT2D eigenvalue weighted by Crippen LogP contribution is -2.05. The minimum Gasteiger partial charge on any atom is -0.466 e. The van der Waals surface area contributed by atoms with Crippen molar-refractivity contribution in [1.82, 2.24) is 0 Å². The molecule has 0 aliphatic carbocycles. The Morgan fingerprint density at radius 2 is 1.79 bits per heavy atom. The molecular weight excluding hydrogens is 236 g/mol. The molecule has 0 amide bonds. The molecule has 2 heteroatoms. The van der Waals surface area contributed by atoms with Gasteiger partial charge in [0, 0.05) is 6.42 Å². The number of carbonyl (C=O) groups excluding carboxylic acids is 1. The van der Waals surface area contributed by atoms with Crippen LogP contribution in [0.5, 0.6) is 0 Å². The zero-order chi connectivity index (χ0) is 13.8. The number of carbonyl (C=O) groups is 1. The van der Waals surface area contributed by atoms with Crippen molar-refractivity contribution in [2.75, 3.05) is 6.61 Å². The number of hydrogen-bond donors (Lipinski definition) is 0. The van der Waals surface area contributed by atoms with Gasteiger partial charge in [0.2, 0.25) is 0 Å². The van der Waals surface area contributed by atoms with Gasteiger partial charge in [-0.25, -0.2) is 0 Å². The van der Waals surface area contributed by atoms with Crippen molar-refractivity contribution in [2.24, 2.45) is 0 Å². The molecule has 0 fully saturated rings. The van der Waals surface area contributed by atoms with Crippen molar-refractivity contribution in [2.45, 2.75) is 58.3 Å². The van der Waals surface area contributed by atoms with Gasteiger partial charge in [-0.2, -0.15) is 0 Å². The third-order valence-corrected chi connectivity index (χ3v) is 3.20. The maximum Gasteiger partial charge on any atom is 0.305 e. The molecule has 0 aliphatic heterocycles. The molecule has 19 heavy (non-hydrogen) atoms. The number of rotatable bonds is 10. The Balaban J connectivity index is 1.92. The number of aryl methyl sites for hydroxylation is 1. The third-order valence-electron chi connectivity index (χ3n) is 3.20. The van der Waals surface area contributed by atoms with Crippen molar-refractivity contribution in [3.8, 4) is 0 Å². The minimum absolute atomic E-state index is 0.0310. The van der Waals surface area contributed by atoms with Crippen LogP contribution in [0.3, 0.4) is 0 Å². The maximum absolute atomic E-state index is 11.3. The van der Waals surface area contributed by atoms with Gasteiger partial charge < -0.3 is 4.74 Å². The Labute approximate surface area is 117 Å². The van der Waals surface area contributed by atoms with E-state index in [0.717, 1.165) is 44.9 Å². The number of hydrogen-bond acceptors (Lipinski definition) is 2. The Bertz CT molecular complexity index is 332. The van der Waals surface area contributed by atoms with E-state index in [1.165, 1.54) is 5.56 Å². The average Bonchev–Trinajstić information content (AvgIpc) is 2.44. The molecule has 0 bridgehead atoms. The van der Waals surface area contributed by atoms with E-state index >= 15 is 0 Å². The highest BCUT2D eigenvalue weighted by atomic mass is 16.5. The van der Waals surface area contributed by atoms with Crippen LogP contribution in [0, 0.1) is 0 Å². The van der Waals surface area contributed by atoms with Crippen molar-refractivity contribution >= 4 is 5.97 Å². The summed E-state index contributed by atoms with van der Waals surface area (Å²) in [5.41, 5.74) is 1.39. The van der Waals surface area contributed by atoms with E-state index in [4.69, 9.17) is 4.74 Å². The fourth-order valence-corrected chi connectivity index (χ4v) is 2.03. The summed E-state index contributed by atoms with van der Waals surface area (Å²) in [7, 11) is 0. The zero-order valence-corrected chi connectivity index (χ0v) is 12.1. The molecule has 0 saturated carbocycles. The van der Waals surface area contributed by atoms with E-state index < -0.39 is 0 Å². The van der Waals surface area contributed by atoms with Crippen LogP contribution >= 0.6 is 0 Å². The molecule has 0 aromatic heterocycles. The Morgan fingerprint density at radius 3 is 2.53 bits per heavy atom. The van der Waals surface area contributed by atoms with E-state index in [1.807, 2.05) is 6.07 Å². The molecule has 0 N–H and O–H groups in total. The van der Waals surface area contributed by atoms with Crippen LogP contribution in [0.2, 0.25) is 0 Å². The summed E-state index contributed by atoms with van der Waals surface area (Å²) in [6.07, 6.45) is 8.19. The van der Waals surface area contributed by atoms with Gasteiger partial charge in [-0.15, -0.1) is 0 Å². The zero-order valence-electron chi connectivity index (χ0n) is 12.1. The van der Waals surface area contributed by atoms with E-state index in [1.54, 1.807) is 0 Å². The fraction of sp³-hybridized carbons (Fsp3) is 0.588. The summed E-state index contributed by atoms with van der Waals surface area (Å²) < 4.78 is 5.20. The molecule has 1 aromatic carbocycles. The molecule has 106 valence electrons. The van der Waals surface area contributed by atoms with Gasteiger partial charge in [-0.3, -0.25) is 4.79 Å². The predicted octanol–water partition coefficient (Wildman–Crippen LogP) is 4.52. The first-order valence-electron chi connectivity index (χ1n) is 7.52. The molecule has 0 heterocycles. The summed E-state index contributed by atoms with van der Waals surface area (Å²) in [5, 5.41) is 0. The third kappa shape index (κ3) is 8.41.